The number of imide groups is 1. The summed E-state index contributed by atoms with van der Waals surface area (Å²) >= 11 is 0. The molecule has 3 heterocycles. The van der Waals surface area contributed by atoms with E-state index in [1.165, 1.54) is 0 Å². The zero-order chi connectivity index (χ0) is 25.7. The van der Waals surface area contributed by atoms with Gasteiger partial charge in [-0.1, -0.05) is 24.3 Å². The third-order valence-corrected chi connectivity index (χ3v) is 6.82. The normalized spacial score (nSPS) is 15.2. The second-order valence-electron chi connectivity index (χ2n) is 9.36. The Bertz CT molecular complexity index is 1560. The van der Waals surface area contributed by atoms with Crippen LogP contribution < -0.4 is 4.74 Å². The van der Waals surface area contributed by atoms with Gasteiger partial charge in [0.1, 0.15) is 17.6 Å². The highest BCUT2D eigenvalue weighted by atomic mass is 16.5. The number of aryl methyl sites for hydroxylation is 1. The standard InChI is InChI=1S/C29H23N3O5/c1-17-11-18(14-32-28(35)22-6-2-3-7-23(22)29(32)36)12-24(26(17)33)27(34)31-15-21(16-31)37-20-9-8-19-5-4-10-30-25(19)13-20/h2-13,21,33H,14-16H2,1H3. The number of phenolic OH excluding ortho intramolecular Hbond substituents is 1. The number of aromatic nitrogens is 1. The molecule has 0 unspecified atom stereocenters. The van der Waals surface area contributed by atoms with Gasteiger partial charge in [-0.15, -0.1) is 0 Å². The van der Waals surface area contributed by atoms with E-state index in [1.807, 2.05) is 30.3 Å². The highest BCUT2D eigenvalue weighted by molar-refractivity contribution is 6.21. The van der Waals surface area contributed by atoms with Crippen LogP contribution in [0.5, 0.6) is 11.5 Å². The van der Waals surface area contributed by atoms with Crippen molar-refractivity contribution in [2.24, 2.45) is 0 Å². The van der Waals surface area contributed by atoms with E-state index in [0.29, 0.717) is 41.1 Å². The van der Waals surface area contributed by atoms with Crippen LogP contribution in [-0.4, -0.2) is 56.8 Å². The van der Waals surface area contributed by atoms with Crippen molar-refractivity contribution in [3.8, 4) is 11.5 Å². The molecule has 0 bridgehead atoms. The Balaban J connectivity index is 1.15. The van der Waals surface area contributed by atoms with Gasteiger partial charge in [-0.3, -0.25) is 24.3 Å². The fourth-order valence-corrected chi connectivity index (χ4v) is 4.83. The molecule has 0 spiro atoms. The molecule has 0 aliphatic carbocycles. The number of nitrogens with zero attached hydrogens (tertiary/aromatic N) is 3. The summed E-state index contributed by atoms with van der Waals surface area (Å²) < 4.78 is 6.02. The molecule has 37 heavy (non-hydrogen) atoms. The van der Waals surface area contributed by atoms with Gasteiger partial charge in [0.25, 0.3) is 17.7 Å². The number of ether oxygens (including phenoxy) is 1. The minimum Gasteiger partial charge on any atom is -0.507 e. The zero-order valence-electron chi connectivity index (χ0n) is 20.0. The number of hydrogen-bond donors (Lipinski definition) is 1. The summed E-state index contributed by atoms with van der Waals surface area (Å²) in [4.78, 5) is 45.9. The lowest BCUT2D eigenvalue weighted by Crippen LogP contribution is -2.56. The quantitative estimate of drug-likeness (QED) is 0.423. The number of benzene rings is 3. The molecule has 3 aromatic carbocycles. The number of phenols is 1. The van der Waals surface area contributed by atoms with Gasteiger partial charge < -0.3 is 14.7 Å². The first kappa shape index (κ1) is 22.7. The van der Waals surface area contributed by atoms with E-state index in [9.17, 15) is 19.5 Å². The fraction of sp³-hybridized carbons (Fsp3) is 0.172. The van der Waals surface area contributed by atoms with Crippen molar-refractivity contribution >= 4 is 28.6 Å². The molecule has 4 aromatic rings. The van der Waals surface area contributed by atoms with Gasteiger partial charge in [0.2, 0.25) is 0 Å². The molecule has 1 aromatic heterocycles. The smallest absolute Gasteiger partial charge is 0.261 e. The highest BCUT2D eigenvalue weighted by Crippen LogP contribution is 2.30. The van der Waals surface area contributed by atoms with Crippen LogP contribution in [0.25, 0.3) is 10.9 Å². The third-order valence-electron chi connectivity index (χ3n) is 6.82. The summed E-state index contributed by atoms with van der Waals surface area (Å²) in [7, 11) is 0. The van der Waals surface area contributed by atoms with E-state index in [1.54, 1.807) is 54.4 Å². The van der Waals surface area contributed by atoms with Gasteiger partial charge in [0.05, 0.1) is 41.8 Å². The van der Waals surface area contributed by atoms with Crippen molar-refractivity contribution in [2.45, 2.75) is 19.6 Å². The third kappa shape index (κ3) is 3.96. The Hall–Kier alpha value is -4.72. The van der Waals surface area contributed by atoms with Crippen LogP contribution in [0.15, 0.2) is 72.9 Å². The summed E-state index contributed by atoms with van der Waals surface area (Å²) in [6.45, 7) is 2.45. The first-order chi connectivity index (χ1) is 17.9. The van der Waals surface area contributed by atoms with Crippen LogP contribution >= 0.6 is 0 Å². The monoisotopic (exact) mass is 493 g/mol. The molecule has 0 atom stereocenters. The summed E-state index contributed by atoms with van der Waals surface area (Å²) in [6.07, 6.45) is 1.56. The van der Waals surface area contributed by atoms with E-state index >= 15 is 0 Å². The van der Waals surface area contributed by atoms with E-state index in [4.69, 9.17) is 4.74 Å². The van der Waals surface area contributed by atoms with E-state index in [-0.39, 0.29) is 41.7 Å². The van der Waals surface area contributed by atoms with Crippen LogP contribution in [0, 0.1) is 6.92 Å². The van der Waals surface area contributed by atoms with Crippen molar-refractivity contribution in [3.63, 3.8) is 0 Å². The van der Waals surface area contributed by atoms with Crippen LogP contribution in [-0.2, 0) is 6.54 Å². The topological polar surface area (TPSA) is 100 Å². The first-order valence-corrected chi connectivity index (χ1v) is 12.0. The second-order valence-corrected chi connectivity index (χ2v) is 9.36. The number of amides is 3. The molecule has 8 heteroatoms. The molecule has 184 valence electrons. The highest BCUT2D eigenvalue weighted by Gasteiger charge is 2.37. The Kier molecular flexibility index (Phi) is 5.37. The number of carbonyl (C=O) groups excluding carboxylic acids is 3. The molecular weight excluding hydrogens is 470 g/mol. The average molecular weight is 494 g/mol. The number of rotatable bonds is 5. The number of likely N-dealkylation sites (tertiary alicyclic amines) is 1. The average Bonchev–Trinajstić information content (AvgIpc) is 3.12. The second kappa shape index (κ2) is 8.74. The minimum absolute atomic E-state index is 0.00941. The molecule has 2 aliphatic heterocycles. The van der Waals surface area contributed by atoms with E-state index < -0.39 is 0 Å². The molecular formula is C29H23N3O5. The first-order valence-electron chi connectivity index (χ1n) is 12.0. The van der Waals surface area contributed by atoms with Gasteiger partial charge >= 0.3 is 0 Å². The Morgan fingerprint density at radius 3 is 2.46 bits per heavy atom. The van der Waals surface area contributed by atoms with Crippen molar-refractivity contribution in [1.29, 1.82) is 0 Å². The Morgan fingerprint density at radius 2 is 1.73 bits per heavy atom. The SMILES string of the molecule is Cc1cc(CN2C(=O)c3ccccc3C2=O)cc(C(=O)N2CC(Oc3ccc4cccnc4c3)C2)c1O. The molecule has 1 saturated heterocycles. The van der Waals surface area contributed by atoms with Gasteiger partial charge in [0.15, 0.2) is 0 Å². The molecule has 0 saturated carbocycles. The van der Waals surface area contributed by atoms with Crippen molar-refractivity contribution in [3.05, 3.63) is 101 Å². The number of hydrogen-bond acceptors (Lipinski definition) is 6. The van der Waals surface area contributed by atoms with Crippen LogP contribution in [0.4, 0.5) is 0 Å². The van der Waals surface area contributed by atoms with Crippen molar-refractivity contribution in [2.75, 3.05) is 13.1 Å². The van der Waals surface area contributed by atoms with Crippen molar-refractivity contribution in [1.82, 2.24) is 14.8 Å². The van der Waals surface area contributed by atoms with E-state index in [0.717, 1.165) is 15.8 Å². The summed E-state index contributed by atoms with van der Waals surface area (Å²) in [5.74, 6) is -0.493. The summed E-state index contributed by atoms with van der Waals surface area (Å²) in [5.41, 5.74) is 2.79. The predicted octanol–water partition coefficient (Wildman–Crippen LogP) is 3.95. The lowest BCUT2D eigenvalue weighted by atomic mass is 10.0. The molecule has 6 rings (SSSR count). The van der Waals surface area contributed by atoms with Crippen LogP contribution in [0.2, 0.25) is 0 Å². The molecule has 1 fully saturated rings. The molecule has 2 aliphatic rings. The van der Waals surface area contributed by atoms with Gasteiger partial charge in [0, 0.05) is 17.6 Å². The van der Waals surface area contributed by atoms with Gasteiger partial charge in [-0.05, 0) is 54.4 Å². The number of carbonyl (C=O) groups is 3. The van der Waals surface area contributed by atoms with Gasteiger partial charge in [-0.2, -0.15) is 0 Å². The largest absolute Gasteiger partial charge is 0.507 e. The maximum absolute atomic E-state index is 13.2. The Labute approximate surface area is 212 Å². The lowest BCUT2D eigenvalue weighted by Gasteiger charge is -2.39. The fourth-order valence-electron chi connectivity index (χ4n) is 4.83. The van der Waals surface area contributed by atoms with Crippen LogP contribution in [0.1, 0.15) is 42.2 Å². The molecule has 3 amide bonds. The summed E-state index contributed by atoms with van der Waals surface area (Å²) in [6, 6.07) is 19.5. The van der Waals surface area contributed by atoms with Crippen molar-refractivity contribution < 1.29 is 24.2 Å². The zero-order valence-corrected chi connectivity index (χ0v) is 20.0. The number of pyridine rings is 1. The number of fused-ring (bicyclic) bond motifs is 2. The number of aromatic hydroxyl groups is 1. The summed E-state index contributed by atoms with van der Waals surface area (Å²) in [5, 5.41) is 11.7. The maximum atomic E-state index is 13.2. The molecule has 0 radical (unpaired) electrons. The van der Waals surface area contributed by atoms with E-state index in [2.05, 4.69) is 4.98 Å². The molecule has 1 N–H and O–H groups in total. The van der Waals surface area contributed by atoms with Crippen LogP contribution in [0.3, 0.4) is 0 Å². The minimum atomic E-state index is -0.370. The maximum Gasteiger partial charge on any atom is 0.261 e. The lowest BCUT2D eigenvalue weighted by molar-refractivity contribution is 0.0176. The predicted molar refractivity (Wildman–Crippen MR) is 136 cm³/mol. The Morgan fingerprint density at radius 1 is 1.00 bits per heavy atom. The molecule has 8 nitrogen and oxygen atoms in total. The van der Waals surface area contributed by atoms with Gasteiger partial charge in [-0.25, -0.2) is 0 Å².